The Morgan fingerprint density at radius 2 is 2.08 bits per heavy atom. The van der Waals surface area contributed by atoms with Crippen molar-refractivity contribution in [2.75, 3.05) is 14.2 Å². The van der Waals surface area contributed by atoms with Gasteiger partial charge in [-0.25, -0.2) is 0 Å². The largest absolute Gasteiger partial charge is 0.493 e. The summed E-state index contributed by atoms with van der Waals surface area (Å²) in [6, 6.07) is 5.30. The fraction of sp³-hybridized carbons (Fsp3) is 0.235. The van der Waals surface area contributed by atoms with Crippen LogP contribution in [-0.2, 0) is 13.6 Å². The maximum atomic E-state index is 12.4. The van der Waals surface area contributed by atoms with Gasteiger partial charge in [-0.05, 0) is 6.07 Å². The molecule has 0 radical (unpaired) electrons. The van der Waals surface area contributed by atoms with Gasteiger partial charge in [-0.3, -0.25) is 9.48 Å². The minimum absolute atomic E-state index is 0.285. The van der Waals surface area contributed by atoms with Crippen molar-refractivity contribution in [1.82, 2.24) is 14.3 Å². The Balaban J connectivity index is 2.22. The maximum absolute atomic E-state index is 12.4. The van der Waals surface area contributed by atoms with E-state index in [1.54, 1.807) is 38.1 Å². The third-order valence-corrected chi connectivity index (χ3v) is 4.72. The van der Waals surface area contributed by atoms with E-state index in [-0.39, 0.29) is 12.5 Å². The molecule has 0 aliphatic rings. The zero-order valence-electron chi connectivity index (χ0n) is 14.0. The average Bonchev–Trinajstić information content (AvgIpc) is 3.17. The van der Waals surface area contributed by atoms with Crippen molar-refractivity contribution in [2.45, 2.75) is 6.54 Å². The van der Waals surface area contributed by atoms with E-state index in [9.17, 15) is 4.79 Å². The molecule has 3 aromatic rings. The standard InChI is InChI=1S/C17H16N4O3S/c1-5-8-21-12-9-13(23-3)14(24-4)10-15(12)25-17(21)19-16(22)11-6-7-18-20(11)2/h1,6-7,9-10H,8H2,2-4H3. The number of nitrogens with zero attached hydrogens (tertiary/aromatic N) is 4. The number of thiazole rings is 1. The average molecular weight is 356 g/mol. The monoisotopic (exact) mass is 356 g/mol. The number of hydrogen-bond donors (Lipinski definition) is 0. The van der Waals surface area contributed by atoms with Gasteiger partial charge in [0.05, 0.1) is 31.0 Å². The molecule has 2 aromatic heterocycles. The molecule has 0 saturated carbocycles. The van der Waals surface area contributed by atoms with Crippen LogP contribution in [0.5, 0.6) is 11.5 Å². The lowest BCUT2D eigenvalue weighted by Crippen LogP contribution is -2.17. The minimum atomic E-state index is -0.378. The fourth-order valence-corrected chi connectivity index (χ4v) is 3.49. The molecule has 0 aliphatic heterocycles. The van der Waals surface area contributed by atoms with Crippen LogP contribution in [0.15, 0.2) is 29.4 Å². The summed E-state index contributed by atoms with van der Waals surface area (Å²) < 4.78 is 14.9. The molecule has 3 rings (SSSR count). The minimum Gasteiger partial charge on any atom is -0.493 e. The van der Waals surface area contributed by atoms with E-state index in [0.29, 0.717) is 22.0 Å². The van der Waals surface area contributed by atoms with Crippen molar-refractivity contribution in [3.8, 4) is 23.8 Å². The van der Waals surface area contributed by atoms with Crippen LogP contribution in [0.1, 0.15) is 10.5 Å². The smallest absolute Gasteiger partial charge is 0.297 e. The Morgan fingerprint density at radius 1 is 1.36 bits per heavy atom. The molecule has 0 bridgehead atoms. The number of carbonyl (C=O) groups excluding carboxylic acids is 1. The van der Waals surface area contributed by atoms with E-state index in [1.807, 2.05) is 12.1 Å². The molecule has 1 amide bonds. The van der Waals surface area contributed by atoms with E-state index in [2.05, 4.69) is 16.0 Å². The number of aromatic nitrogens is 3. The number of benzene rings is 1. The second kappa shape index (κ2) is 6.83. The van der Waals surface area contributed by atoms with E-state index in [4.69, 9.17) is 15.9 Å². The quantitative estimate of drug-likeness (QED) is 0.669. The summed E-state index contributed by atoms with van der Waals surface area (Å²) in [6.45, 7) is 0.285. The molecule has 25 heavy (non-hydrogen) atoms. The van der Waals surface area contributed by atoms with Crippen LogP contribution in [0.3, 0.4) is 0 Å². The zero-order chi connectivity index (χ0) is 18.0. The van der Waals surface area contributed by atoms with Crippen molar-refractivity contribution in [1.29, 1.82) is 0 Å². The Bertz CT molecular complexity index is 1050. The predicted octanol–water partition coefficient (Wildman–Crippen LogP) is 1.83. The highest BCUT2D eigenvalue weighted by atomic mass is 32.1. The number of carbonyl (C=O) groups is 1. The van der Waals surface area contributed by atoms with Crippen LogP contribution in [0.25, 0.3) is 10.2 Å². The van der Waals surface area contributed by atoms with Crippen LogP contribution in [0.2, 0.25) is 0 Å². The van der Waals surface area contributed by atoms with E-state index in [0.717, 1.165) is 10.2 Å². The lowest BCUT2D eigenvalue weighted by molar-refractivity contribution is 0.0989. The van der Waals surface area contributed by atoms with Gasteiger partial charge in [0.25, 0.3) is 5.91 Å². The van der Waals surface area contributed by atoms with Crippen molar-refractivity contribution in [3.05, 3.63) is 34.9 Å². The molecule has 7 nitrogen and oxygen atoms in total. The lowest BCUT2D eigenvalue weighted by atomic mass is 10.3. The summed E-state index contributed by atoms with van der Waals surface area (Å²) in [5, 5.41) is 3.99. The summed E-state index contributed by atoms with van der Waals surface area (Å²) in [5.74, 6) is 3.41. The fourth-order valence-electron chi connectivity index (χ4n) is 2.45. The summed E-state index contributed by atoms with van der Waals surface area (Å²) >= 11 is 1.36. The first-order valence-corrected chi connectivity index (χ1v) is 8.16. The molecule has 0 aliphatic carbocycles. The molecule has 1 aromatic carbocycles. The van der Waals surface area contributed by atoms with Gasteiger partial charge < -0.3 is 14.0 Å². The number of fused-ring (bicyclic) bond motifs is 1. The Labute approximate surface area is 148 Å². The molecule has 0 N–H and O–H groups in total. The van der Waals surface area contributed by atoms with Crippen molar-refractivity contribution >= 4 is 27.5 Å². The van der Waals surface area contributed by atoms with E-state index in [1.165, 1.54) is 16.0 Å². The highest BCUT2D eigenvalue weighted by molar-refractivity contribution is 7.16. The van der Waals surface area contributed by atoms with Gasteiger partial charge >= 0.3 is 0 Å². The highest BCUT2D eigenvalue weighted by Gasteiger charge is 2.14. The predicted molar refractivity (Wildman–Crippen MR) is 94.9 cm³/mol. The third-order valence-electron chi connectivity index (χ3n) is 3.67. The number of terminal acetylenes is 1. The highest BCUT2D eigenvalue weighted by Crippen LogP contribution is 2.33. The van der Waals surface area contributed by atoms with Crippen molar-refractivity contribution < 1.29 is 14.3 Å². The van der Waals surface area contributed by atoms with Crippen LogP contribution >= 0.6 is 11.3 Å². The summed E-state index contributed by atoms with van der Waals surface area (Å²) in [5.41, 5.74) is 1.23. The maximum Gasteiger partial charge on any atom is 0.297 e. The first-order valence-electron chi connectivity index (χ1n) is 7.35. The molecule has 0 unspecified atom stereocenters. The molecule has 0 fully saturated rings. The topological polar surface area (TPSA) is 70.6 Å². The second-order valence-corrected chi connectivity index (χ2v) is 6.12. The van der Waals surface area contributed by atoms with E-state index >= 15 is 0 Å². The van der Waals surface area contributed by atoms with Gasteiger partial charge in [0, 0.05) is 25.4 Å². The Hall–Kier alpha value is -3.05. The molecule has 2 heterocycles. The number of methoxy groups -OCH3 is 2. The molecule has 0 saturated heterocycles. The second-order valence-electron chi connectivity index (χ2n) is 5.11. The Morgan fingerprint density at radius 3 is 2.68 bits per heavy atom. The number of ether oxygens (including phenoxy) is 2. The first-order chi connectivity index (χ1) is 12.1. The van der Waals surface area contributed by atoms with E-state index < -0.39 is 0 Å². The Kier molecular flexibility index (Phi) is 4.59. The SMILES string of the molecule is C#CCn1c(=NC(=O)c2ccnn2C)sc2cc(OC)c(OC)cc21. The summed E-state index contributed by atoms with van der Waals surface area (Å²) in [7, 11) is 4.84. The molecule has 128 valence electrons. The molecule has 0 atom stereocenters. The molecular formula is C17H16N4O3S. The zero-order valence-corrected chi connectivity index (χ0v) is 14.8. The van der Waals surface area contributed by atoms with Gasteiger partial charge in [-0.2, -0.15) is 10.1 Å². The summed E-state index contributed by atoms with van der Waals surface area (Å²) in [4.78, 5) is 17.2. The summed E-state index contributed by atoms with van der Waals surface area (Å²) in [6.07, 6.45) is 7.05. The number of aryl methyl sites for hydroxylation is 1. The first kappa shape index (κ1) is 16.8. The van der Waals surface area contributed by atoms with Gasteiger partial charge in [0.1, 0.15) is 5.69 Å². The van der Waals surface area contributed by atoms with Crippen LogP contribution in [0, 0.1) is 12.3 Å². The van der Waals surface area contributed by atoms with Crippen molar-refractivity contribution in [2.24, 2.45) is 12.0 Å². The number of amides is 1. The van der Waals surface area contributed by atoms with Gasteiger partial charge in [0.2, 0.25) is 0 Å². The molecule has 0 spiro atoms. The van der Waals surface area contributed by atoms with Gasteiger partial charge in [-0.15, -0.1) is 6.42 Å². The normalized spacial score (nSPS) is 11.5. The van der Waals surface area contributed by atoms with Crippen LogP contribution in [-0.4, -0.2) is 34.5 Å². The van der Waals surface area contributed by atoms with Crippen LogP contribution in [0.4, 0.5) is 0 Å². The van der Waals surface area contributed by atoms with Gasteiger partial charge in [-0.1, -0.05) is 17.3 Å². The van der Waals surface area contributed by atoms with Gasteiger partial charge in [0.15, 0.2) is 16.3 Å². The number of hydrogen-bond acceptors (Lipinski definition) is 5. The molecule has 8 heteroatoms. The van der Waals surface area contributed by atoms with Crippen LogP contribution < -0.4 is 14.3 Å². The molecular weight excluding hydrogens is 340 g/mol. The number of rotatable bonds is 4. The third kappa shape index (κ3) is 3.02. The van der Waals surface area contributed by atoms with Crippen molar-refractivity contribution in [3.63, 3.8) is 0 Å². The lowest BCUT2D eigenvalue weighted by Gasteiger charge is -2.08.